The summed E-state index contributed by atoms with van der Waals surface area (Å²) < 4.78 is 38.2. The minimum atomic E-state index is 0.555. The van der Waals surface area contributed by atoms with Crippen molar-refractivity contribution in [2.24, 2.45) is 0 Å². The van der Waals surface area contributed by atoms with Crippen LogP contribution >= 0.6 is 0 Å². The molecule has 0 saturated carbocycles. The quantitative estimate of drug-likeness (QED) is 0.0939. The van der Waals surface area contributed by atoms with E-state index < -0.39 is 0 Å². The number of fused-ring (bicyclic) bond motifs is 18. The molecule has 0 aliphatic heterocycles. The maximum atomic E-state index is 6.55. The lowest BCUT2D eigenvalue weighted by Gasteiger charge is -2.14. The standard InChI is InChI=1S/3C45H27N3O2/c1-3-13-28(14-4-1)32-17-7-8-18-33(32)37-25-31(27-41-42(37)36-20-10-12-22-39(36)50-41)45-47-43(29-15-5-2-6-16-29)46-44(48-45)30-23-24-35-34-19-9-11-21-38(34)49-40(35)26-30;1-3-11-28(12-4-1)29-21-23-31(24-22-29)43-46-44(48-45(47-43)36-17-10-20-39-42(36)34-15-7-8-18-37(34)49-39)32-25-26-35-40(27-32)50-38-19-9-16-33(41(35)38)30-13-5-2-6-14-30;1-3-10-28(11-4-1)29-18-20-30(21-19-29)34-15-9-17-39-42(34)37-25-23-33(27-41(37)50-39)45-47-43(31-12-5-2-6-13-31)46-44(48-45)32-22-24-36-35-14-7-8-16-38(35)49-40(36)26-32/h3*1-27H. The smallest absolute Gasteiger partial charge is 0.164 e. The number of hydrogen-bond donors (Lipinski definition) is 0. The average Bonchev–Trinajstić information content (AvgIpc) is 1.59. The van der Waals surface area contributed by atoms with E-state index in [2.05, 4.69) is 285 Å². The summed E-state index contributed by atoms with van der Waals surface area (Å²) in [4.78, 5) is 45.4. The highest BCUT2D eigenvalue weighted by Gasteiger charge is 2.27. The molecule has 0 saturated heterocycles. The molecule has 15 nitrogen and oxygen atoms in total. The lowest BCUT2D eigenvalue weighted by molar-refractivity contribution is 0.668. The number of nitrogens with zero attached hydrogens (tertiary/aromatic N) is 9. The van der Waals surface area contributed by atoms with Gasteiger partial charge in [-0.3, -0.25) is 0 Å². The number of furan rings is 6. The summed E-state index contributed by atoms with van der Waals surface area (Å²) in [7, 11) is 0. The summed E-state index contributed by atoms with van der Waals surface area (Å²) in [6.45, 7) is 0. The Hall–Kier alpha value is -20.5. The molecule has 0 amide bonds. The second-order valence-corrected chi connectivity index (χ2v) is 37.2. The highest BCUT2D eigenvalue weighted by molar-refractivity contribution is 6.18. The molecule has 0 unspecified atom stereocenters. The van der Waals surface area contributed by atoms with Crippen LogP contribution in [0.2, 0.25) is 0 Å². The SMILES string of the molecule is c1ccc(-c2ccc(-c3cccc4oc5cc(-c6nc(-c7ccccc7)nc(-c7ccc8c(c7)oc7ccccc78)n6)ccc5c34)cc2)cc1.c1ccc(-c2ccc(-c3nc(-c4ccc5c(c4)oc4cccc(-c6ccccc6)c45)nc(-c4cccc5oc6ccccc6c45)n3)cc2)cc1.c1ccc(-c2nc(-c3ccc4c(c3)oc3ccccc34)nc(-c3cc(-c4ccccc4-c4ccccc4)c4c(c3)oc3ccccc34)n2)cc1. The molecule has 0 N–H and O–H groups in total. The molecule has 0 fully saturated rings. The van der Waals surface area contributed by atoms with Crippen molar-refractivity contribution in [1.29, 1.82) is 0 Å². The zero-order valence-corrected chi connectivity index (χ0v) is 80.2. The molecule has 30 aromatic rings. The van der Waals surface area contributed by atoms with Crippen LogP contribution in [-0.4, -0.2) is 44.9 Å². The predicted molar refractivity (Wildman–Crippen MR) is 605 cm³/mol. The van der Waals surface area contributed by atoms with Crippen molar-refractivity contribution in [2.75, 3.05) is 0 Å². The summed E-state index contributed by atoms with van der Waals surface area (Å²) in [6.07, 6.45) is 0. The molecule has 0 bridgehead atoms. The van der Waals surface area contributed by atoms with Crippen molar-refractivity contribution in [1.82, 2.24) is 44.9 Å². The molecule has 0 spiro atoms. The Bertz CT molecular complexity index is 10500. The second-order valence-electron chi connectivity index (χ2n) is 37.2. The molecule has 0 atom stereocenters. The predicted octanol–water partition coefficient (Wildman–Crippen LogP) is 36.0. The van der Waals surface area contributed by atoms with Gasteiger partial charge in [0.25, 0.3) is 0 Å². The highest BCUT2D eigenvalue weighted by atomic mass is 16.3. The lowest BCUT2D eigenvalue weighted by Crippen LogP contribution is -2.00. The fourth-order valence-corrected chi connectivity index (χ4v) is 20.9. The fourth-order valence-electron chi connectivity index (χ4n) is 20.9. The third-order valence-corrected chi connectivity index (χ3v) is 28.1. The van der Waals surface area contributed by atoms with E-state index in [9.17, 15) is 0 Å². The van der Waals surface area contributed by atoms with E-state index in [0.29, 0.717) is 52.4 Å². The van der Waals surface area contributed by atoms with Gasteiger partial charge in [-0.2, -0.15) is 0 Å². The summed E-state index contributed by atoms with van der Waals surface area (Å²) >= 11 is 0. The average molecular weight is 1930 g/mol. The van der Waals surface area contributed by atoms with Crippen molar-refractivity contribution in [2.45, 2.75) is 0 Å². The second kappa shape index (κ2) is 37.0. The zero-order valence-electron chi connectivity index (χ0n) is 80.2. The summed E-state index contributed by atoms with van der Waals surface area (Å²) in [5.74, 6) is 5.17. The summed E-state index contributed by atoms with van der Waals surface area (Å²) in [6, 6.07) is 167. The fraction of sp³-hybridized carbons (Fsp3) is 0. The van der Waals surface area contributed by atoms with Crippen LogP contribution < -0.4 is 0 Å². The van der Waals surface area contributed by atoms with Crippen molar-refractivity contribution >= 4 is 132 Å². The molecular weight excluding hydrogens is 1840 g/mol. The third kappa shape index (κ3) is 16.0. The van der Waals surface area contributed by atoms with Crippen LogP contribution in [0.4, 0.5) is 0 Å². The van der Waals surface area contributed by atoms with E-state index in [-0.39, 0.29) is 0 Å². The Morgan fingerprint density at radius 3 is 0.733 bits per heavy atom. The van der Waals surface area contributed by atoms with Crippen molar-refractivity contribution in [3.05, 3.63) is 491 Å². The molecule has 9 aromatic heterocycles. The molecule has 150 heavy (non-hydrogen) atoms. The third-order valence-electron chi connectivity index (χ3n) is 28.1. The Morgan fingerprint density at radius 1 is 0.100 bits per heavy atom. The zero-order chi connectivity index (χ0) is 99.1. The highest BCUT2D eigenvalue weighted by Crippen LogP contribution is 2.48. The van der Waals surface area contributed by atoms with Crippen LogP contribution in [0, 0.1) is 0 Å². The first-order chi connectivity index (χ1) is 74.3. The van der Waals surface area contributed by atoms with Gasteiger partial charge in [0.05, 0.1) is 0 Å². The Balaban J connectivity index is 0.000000108. The van der Waals surface area contributed by atoms with E-state index in [1.165, 1.54) is 11.1 Å². The molecule has 0 aliphatic rings. The molecule has 21 aromatic carbocycles. The number of para-hydroxylation sites is 4. The van der Waals surface area contributed by atoms with E-state index in [0.717, 1.165) is 237 Å². The van der Waals surface area contributed by atoms with Crippen LogP contribution in [0.1, 0.15) is 0 Å². The summed E-state index contributed by atoms with van der Waals surface area (Å²) in [5, 5.41) is 12.7. The van der Waals surface area contributed by atoms with Gasteiger partial charge in [0.1, 0.15) is 67.0 Å². The lowest BCUT2D eigenvalue weighted by atomic mass is 9.90. The minimum Gasteiger partial charge on any atom is -0.456 e. The number of benzene rings is 21. The minimum absolute atomic E-state index is 0.555. The first-order valence-corrected chi connectivity index (χ1v) is 49.8. The summed E-state index contributed by atoms with van der Waals surface area (Å²) in [5.41, 5.74) is 31.2. The number of rotatable bonds is 15. The van der Waals surface area contributed by atoms with E-state index in [1.807, 2.05) is 206 Å². The monoisotopic (exact) mass is 1920 g/mol. The van der Waals surface area contributed by atoms with Crippen LogP contribution in [0.25, 0.3) is 301 Å². The van der Waals surface area contributed by atoms with Crippen molar-refractivity contribution < 1.29 is 26.5 Å². The van der Waals surface area contributed by atoms with Gasteiger partial charge in [0.2, 0.25) is 0 Å². The molecule has 9 heterocycles. The maximum Gasteiger partial charge on any atom is 0.164 e. The van der Waals surface area contributed by atoms with Gasteiger partial charge in [0.15, 0.2) is 52.4 Å². The van der Waals surface area contributed by atoms with Crippen molar-refractivity contribution in [3.63, 3.8) is 0 Å². The van der Waals surface area contributed by atoms with E-state index in [1.54, 1.807) is 0 Å². The van der Waals surface area contributed by atoms with Gasteiger partial charge in [-0.25, -0.2) is 44.9 Å². The first kappa shape index (κ1) is 87.3. The van der Waals surface area contributed by atoms with Crippen LogP contribution in [0.15, 0.2) is 518 Å². The molecule has 15 heteroatoms. The number of hydrogen-bond acceptors (Lipinski definition) is 15. The van der Waals surface area contributed by atoms with Crippen LogP contribution in [0.5, 0.6) is 0 Å². The molecular formula is C135H81N9O6. The van der Waals surface area contributed by atoms with Gasteiger partial charge in [0, 0.05) is 115 Å². The van der Waals surface area contributed by atoms with Gasteiger partial charge < -0.3 is 26.5 Å². The molecule has 0 aliphatic carbocycles. The normalized spacial score (nSPS) is 11.6. The van der Waals surface area contributed by atoms with Gasteiger partial charge in [-0.05, 0) is 170 Å². The maximum absolute atomic E-state index is 6.55. The van der Waals surface area contributed by atoms with Gasteiger partial charge >= 0.3 is 0 Å². The van der Waals surface area contributed by atoms with Crippen molar-refractivity contribution in [3.8, 4) is 169 Å². The topological polar surface area (TPSA) is 195 Å². The van der Waals surface area contributed by atoms with Crippen LogP contribution in [0.3, 0.4) is 0 Å². The molecule has 702 valence electrons. The Labute approximate surface area is 857 Å². The van der Waals surface area contributed by atoms with E-state index in [4.69, 9.17) is 71.4 Å². The van der Waals surface area contributed by atoms with E-state index >= 15 is 0 Å². The molecule has 0 radical (unpaired) electrons. The van der Waals surface area contributed by atoms with Gasteiger partial charge in [-0.1, -0.05) is 388 Å². The van der Waals surface area contributed by atoms with Crippen LogP contribution in [-0.2, 0) is 0 Å². The first-order valence-electron chi connectivity index (χ1n) is 49.8. The van der Waals surface area contributed by atoms with Gasteiger partial charge in [-0.15, -0.1) is 0 Å². The largest absolute Gasteiger partial charge is 0.456 e. The Kier molecular flexibility index (Phi) is 21.5. The molecule has 30 rings (SSSR count). The number of aromatic nitrogens is 9. The Morgan fingerprint density at radius 2 is 0.313 bits per heavy atom.